The van der Waals surface area contributed by atoms with Gasteiger partial charge in [-0.3, -0.25) is 0 Å². The summed E-state index contributed by atoms with van der Waals surface area (Å²) in [6, 6.07) is 4.42. The van der Waals surface area contributed by atoms with Crippen molar-refractivity contribution >= 4 is 21.1 Å². The van der Waals surface area contributed by atoms with E-state index in [1.165, 1.54) is 22.5 Å². The van der Waals surface area contributed by atoms with Crippen molar-refractivity contribution in [2.45, 2.75) is 24.2 Å². The van der Waals surface area contributed by atoms with Gasteiger partial charge in [0.05, 0.1) is 4.90 Å². The quantitative estimate of drug-likeness (QED) is 0.825. The van der Waals surface area contributed by atoms with E-state index in [0.29, 0.717) is 29.0 Å². The molecule has 1 saturated heterocycles. The maximum atomic E-state index is 12.4. The summed E-state index contributed by atoms with van der Waals surface area (Å²) in [6.45, 7) is 1.13. The summed E-state index contributed by atoms with van der Waals surface area (Å²) in [5, 5.41) is 16.5. The topological polar surface area (TPSA) is 88.3 Å². The van der Waals surface area contributed by atoms with Crippen LogP contribution in [0.25, 0.3) is 11.0 Å². The Morgan fingerprint density at radius 3 is 2.63 bits per heavy atom. The number of hydrogen-bond acceptors (Lipinski definition) is 5. The lowest BCUT2D eigenvalue weighted by atomic mass is 10.2. The molecular weight excluding hydrogens is 268 g/mol. The Morgan fingerprint density at radius 1 is 1.16 bits per heavy atom. The summed E-state index contributed by atoms with van der Waals surface area (Å²) < 4.78 is 26.4. The zero-order valence-corrected chi connectivity index (χ0v) is 11.0. The number of rotatable bonds is 2. The summed E-state index contributed by atoms with van der Waals surface area (Å²) in [5.41, 5.74) is 0.748. The molecule has 0 saturated carbocycles. The SMILES string of the molecule is O=S(=O)(c1ccc2c(c1)nnn2O)N1CCCCC1. The second-order valence-electron chi connectivity index (χ2n) is 4.59. The van der Waals surface area contributed by atoms with Crippen LogP contribution in [-0.4, -0.2) is 46.2 Å². The first-order chi connectivity index (χ1) is 9.09. The normalized spacial score (nSPS) is 17.9. The molecule has 1 N–H and O–H groups in total. The third-order valence-corrected chi connectivity index (χ3v) is 5.25. The summed E-state index contributed by atoms with van der Waals surface area (Å²) in [5.74, 6) is 0. The summed E-state index contributed by atoms with van der Waals surface area (Å²) >= 11 is 0. The van der Waals surface area contributed by atoms with Gasteiger partial charge in [-0.15, -0.1) is 5.10 Å². The fourth-order valence-corrected chi connectivity index (χ4v) is 3.84. The van der Waals surface area contributed by atoms with E-state index < -0.39 is 10.0 Å². The van der Waals surface area contributed by atoms with E-state index in [-0.39, 0.29) is 4.90 Å². The molecule has 0 spiro atoms. The number of piperidine rings is 1. The van der Waals surface area contributed by atoms with Gasteiger partial charge in [0.1, 0.15) is 11.0 Å². The lowest BCUT2D eigenvalue weighted by Gasteiger charge is -2.25. The summed E-state index contributed by atoms with van der Waals surface area (Å²) in [6.07, 6.45) is 2.87. The monoisotopic (exact) mass is 282 g/mol. The van der Waals surface area contributed by atoms with Crippen molar-refractivity contribution in [1.82, 2.24) is 19.5 Å². The highest BCUT2D eigenvalue weighted by atomic mass is 32.2. The standard InChI is InChI=1S/C11H14N4O3S/c16-15-11-5-4-9(8-10(11)12-13-15)19(17,18)14-6-2-1-3-7-14/h4-5,8,16H,1-3,6-7H2. The first-order valence-electron chi connectivity index (χ1n) is 6.14. The fraction of sp³-hybridized carbons (Fsp3) is 0.455. The maximum Gasteiger partial charge on any atom is 0.243 e. The Bertz CT molecular complexity index is 704. The molecule has 8 heteroatoms. The fourth-order valence-electron chi connectivity index (χ4n) is 2.31. The summed E-state index contributed by atoms with van der Waals surface area (Å²) in [7, 11) is -3.47. The van der Waals surface area contributed by atoms with Crippen LogP contribution in [0, 0.1) is 0 Å². The highest BCUT2D eigenvalue weighted by Gasteiger charge is 2.26. The van der Waals surface area contributed by atoms with Gasteiger partial charge < -0.3 is 5.21 Å². The molecule has 2 heterocycles. The van der Waals surface area contributed by atoms with Gasteiger partial charge in [-0.25, -0.2) is 8.42 Å². The van der Waals surface area contributed by atoms with Crippen molar-refractivity contribution in [3.63, 3.8) is 0 Å². The van der Waals surface area contributed by atoms with Gasteiger partial charge in [-0.05, 0) is 36.3 Å². The van der Waals surface area contributed by atoms with Crippen molar-refractivity contribution in [3.05, 3.63) is 18.2 Å². The van der Waals surface area contributed by atoms with Gasteiger partial charge in [-0.2, -0.15) is 4.31 Å². The summed E-state index contributed by atoms with van der Waals surface area (Å²) in [4.78, 5) is 0.828. The second-order valence-corrected chi connectivity index (χ2v) is 6.53. The van der Waals surface area contributed by atoms with Gasteiger partial charge >= 0.3 is 0 Å². The Morgan fingerprint density at radius 2 is 1.89 bits per heavy atom. The Kier molecular flexibility index (Phi) is 2.90. The van der Waals surface area contributed by atoms with E-state index in [1.807, 2.05) is 0 Å². The van der Waals surface area contributed by atoms with Crippen molar-refractivity contribution in [1.29, 1.82) is 0 Å². The number of fused-ring (bicyclic) bond motifs is 1. The minimum atomic E-state index is -3.47. The van der Waals surface area contributed by atoms with Crippen molar-refractivity contribution in [2.24, 2.45) is 0 Å². The first kappa shape index (κ1) is 12.4. The molecule has 0 atom stereocenters. The van der Waals surface area contributed by atoms with Crippen LogP contribution in [-0.2, 0) is 10.0 Å². The molecule has 1 aromatic heterocycles. The molecule has 0 aliphatic carbocycles. The van der Waals surface area contributed by atoms with Gasteiger partial charge in [0.2, 0.25) is 10.0 Å². The maximum absolute atomic E-state index is 12.4. The Labute approximate surface area is 110 Å². The minimum Gasteiger partial charge on any atom is -0.410 e. The first-order valence-corrected chi connectivity index (χ1v) is 7.58. The van der Waals surface area contributed by atoms with Gasteiger partial charge in [0.15, 0.2) is 0 Å². The molecule has 0 bridgehead atoms. The van der Waals surface area contributed by atoms with Crippen LogP contribution in [0.2, 0.25) is 0 Å². The van der Waals surface area contributed by atoms with Crippen LogP contribution in [0.15, 0.2) is 23.1 Å². The number of benzene rings is 1. The molecule has 1 aliphatic rings. The van der Waals surface area contributed by atoms with Crippen LogP contribution in [0.4, 0.5) is 0 Å². The number of hydrogen-bond donors (Lipinski definition) is 1. The molecule has 3 rings (SSSR count). The molecule has 7 nitrogen and oxygen atoms in total. The van der Waals surface area contributed by atoms with Crippen LogP contribution in [0.1, 0.15) is 19.3 Å². The lowest BCUT2D eigenvalue weighted by molar-refractivity contribution is 0.154. The average Bonchev–Trinajstić information content (AvgIpc) is 2.81. The third kappa shape index (κ3) is 2.06. The third-order valence-electron chi connectivity index (χ3n) is 3.35. The highest BCUT2D eigenvalue weighted by molar-refractivity contribution is 7.89. The van der Waals surface area contributed by atoms with Crippen molar-refractivity contribution < 1.29 is 13.6 Å². The molecule has 102 valence electrons. The van der Waals surface area contributed by atoms with E-state index in [1.54, 1.807) is 0 Å². The number of sulfonamides is 1. The van der Waals surface area contributed by atoms with E-state index in [9.17, 15) is 13.6 Å². The highest BCUT2D eigenvalue weighted by Crippen LogP contribution is 2.22. The largest absolute Gasteiger partial charge is 0.410 e. The Balaban J connectivity index is 2.02. The minimum absolute atomic E-state index is 0.197. The van der Waals surface area contributed by atoms with Crippen molar-refractivity contribution in [2.75, 3.05) is 13.1 Å². The average molecular weight is 282 g/mol. The molecule has 0 unspecified atom stereocenters. The zero-order valence-electron chi connectivity index (χ0n) is 10.2. The molecule has 0 radical (unpaired) electrons. The smallest absolute Gasteiger partial charge is 0.243 e. The van der Waals surface area contributed by atoms with E-state index >= 15 is 0 Å². The number of nitrogens with zero attached hydrogens (tertiary/aromatic N) is 4. The molecule has 1 fully saturated rings. The van der Waals surface area contributed by atoms with E-state index in [2.05, 4.69) is 10.3 Å². The molecule has 2 aromatic rings. The molecule has 0 amide bonds. The van der Waals surface area contributed by atoms with Gasteiger partial charge in [0.25, 0.3) is 0 Å². The van der Waals surface area contributed by atoms with Crippen LogP contribution >= 0.6 is 0 Å². The van der Waals surface area contributed by atoms with E-state index in [4.69, 9.17) is 0 Å². The second kappa shape index (κ2) is 4.46. The van der Waals surface area contributed by atoms with Crippen LogP contribution < -0.4 is 0 Å². The van der Waals surface area contributed by atoms with Crippen molar-refractivity contribution in [3.8, 4) is 0 Å². The zero-order chi connectivity index (χ0) is 13.5. The number of aromatic nitrogens is 3. The predicted molar refractivity (Wildman–Crippen MR) is 67.3 cm³/mol. The van der Waals surface area contributed by atoms with Crippen LogP contribution in [0.3, 0.4) is 0 Å². The molecule has 1 aromatic carbocycles. The van der Waals surface area contributed by atoms with Crippen LogP contribution in [0.5, 0.6) is 0 Å². The molecule has 19 heavy (non-hydrogen) atoms. The lowest BCUT2D eigenvalue weighted by Crippen LogP contribution is -2.35. The Hall–Kier alpha value is -1.67. The van der Waals surface area contributed by atoms with E-state index in [0.717, 1.165) is 19.3 Å². The van der Waals surface area contributed by atoms with Gasteiger partial charge in [0, 0.05) is 13.1 Å². The molecule has 1 aliphatic heterocycles. The van der Waals surface area contributed by atoms with Gasteiger partial charge in [-0.1, -0.05) is 11.3 Å². The molecular formula is C11H14N4O3S. The predicted octanol–water partition coefficient (Wildman–Crippen LogP) is 0.843.